The second kappa shape index (κ2) is 6.10. The van der Waals surface area contributed by atoms with Gasteiger partial charge >= 0.3 is 0 Å². The number of ether oxygens (including phenoxy) is 2. The van der Waals surface area contributed by atoms with Crippen LogP contribution in [0.1, 0.15) is 31.2 Å². The van der Waals surface area contributed by atoms with E-state index in [-0.39, 0.29) is 34.2 Å². The predicted octanol–water partition coefficient (Wildman–Crippen LogP) is 2.25. The maximum atomic E-state index is 12.0. The number of nitrogens with one attached hydrogen (secondary N) is 1. The summed E-state index contributed by atoms with van der Waals surface area (Å²) >= 11 is 0. The largest absolute Gasteiger partial charge is 0.493 e. The Hall–Kier alpha value is -2.64. The second-order valence-electron chi connectivity index (χ2n) is 6.23. The first-order valence-corrected chi connectivity index (χ1v) is 7.74. The lowest BCUT2D eigenvalue weighted by molar-refractivity contribution is -0.385. The summed E-state index contributed by atoms with van der Waals surface area (Å²) in [5, 5.41) is 15.1. The van der Waals surface area contributed by atoms with Gasteiger partial charge in [0.15, 0.2) is 11.5 Å². The summed E-state index contributed by atoms with van der Waals surface area (Å²) < 4.78 is 10.2. The number of benzene rings is 1. The Morgan fingerprint density at radius 3 is 2.54 bits per heavy atom. The number of nitrogens with zero attached hydrogens (tertiary/aromatic N) is 2. The summed E-state index contributed by atoms with van der Waals surface area (Å²) in [5.74, 6) is 0.527. The van der Waals surface area contributed by atoms with Gasteiger partial charge in [-0.1, -0.05) is 6.42 Å². The van der Waals surface area contributed by atoms with E-state index in [2.05, 4.69) is 10.5 Å². The first kappa shape index (κ1) is 16.2. The molecule has 0 saturated heterocycles. The van der Waals surface area contributed by atoms with E-state index in [1.165, 1.54) is 39.0 Å². The van der Waals surface area contributed by atoms with Gasteiger partial charge in [-0.05, 0) is 30.7 Å². The minimum absolute atomic E-state index is 0.0313. The van der Waals surface area contributed by atoms with Crippen molar-refractivity contribution < 1.29 is 19.2 Å². The van der Waals surface area contributed by atoms with Crippen LogP contribution >= 0.6 is 0 Å². The lowest BCUT2D eigenvalue weighted by atomic mass is 9.80. The molecule has 0 radical (unpaired) electrons. The quantitative estimate of drug-likeness (QED) is 0.488. The van der Waals surface area contributed by atoms with Crippen LogP contribution in [0.15, 0.2) is 17.2 Å². The minimum atomic E-state index is -0.532. The van der Waals surface area contributed by atoms with Gasteiger partial charge in [-0.2, -0.15) is 5.10 Å². The lowest BCUT2D eigenvalue weighted by Crippen LogP contribution is -2.26. The lowest BCUT2D eigenvalue weighted by Gasteiger charge is -2.25. The molecule has 8 nitrogen and oxygen atoms in total. The average Bonchev–Trinajstić information content (AvgIpc) is 3.30. The SMILES string of the molecule is COc1cc(/C=N\NC(=O)[C@H]2CC23CCC3)c([N+](=O)[O-])cc1OC. The first-order chi connectivity index (χ1) is 11.5. The molecule has 24 heavy (non-hydrogen) atoms. The third kappa shape index (κ3) is 2.79. The molecule has 1 amide bonds. The van der Waals surface area contributed by atoms with Gasteiger partial charge in [0.25, 0.3) is 5.69 Å². The molecule has 0 unspecified atom stereocenters. The van der Waals surface area contributed by atoms with Crippen LogP contribution in [-0.4, -0.2) is 31.3 Å². The predicted molar refractivity (Wildman–Crippen MR) is 86.3 cm³/mol. The fraction of sp³-hybridized carbons (Fsp3) is 0.500. The Labute approximate surface area is 139 Å². The van der Waals surface area contributed by atoms with Crippen molar-refractivity contribution in [2.45, 2.75) is 25.7 Å². The van der Waals surface area contributed by atoms with Crippen LogP contribution < -0.4 is 14.9 Å². The van der Waals surface area contributed by atoms with Crippen molar-refractivity contribution in [1.29, 1.82) is 0 Å². The third-order valence-corrected chi connectivity index (χ3v) is 4.96. The van der Waals surface area contributed by atoms with Crippen LogP contribution in [0.3, 0.4) is 0 Å². The molecule has 1 N–H and O–H groups in total. The van der Waals surface area contributed by atoms with Gasteiger partial charge in [0, 0.05) is 5.92 Å². The van der Waals surface area contributed by atoms with E-state index < -0.39 is 4.92 Å². The summed E-state index contributed by atoms with van der Waals surface area (Å²) in [7, 11) is 2.85. The molecule has 8 heteroatoms. The van der Waals surface area contributed by atoms with Gasteiger partial charge in [0.05, 0.1) is 37.0 Å². The van der Waals surface area contributed by atoms with E-state index >= 15 is 0 Å². The molecule has 1 atom stereocenters. The smallest absolute Gasteiger partial charge is 0.282 e. The summed E-state index contributed by atoms with van der Waals surface area (Å²) in [5.41, 5.74) is 2.76. The van der Waals surface area contributed by atoms with Crippen LogP contribution in [-0.2, 0) is 4.79 Å². The van der Waals surface area contributed by atoms with Crippen molar-refractivity contribution in [1.82, 2.24) is 5.43 Å². The number of hydrogen-bond acceptors (Lipinski definition) is 6. The maximum Gasteiger partial charge on any atom is 0.282 e. The molecule has 2 saturated carbocycles. The molecular weight excluding hydrogens is 314 g/mol. The molecule has 1 spiro atoms. The highest BCUT2D eigenvalue weighted by atomic mass is 16.6. The minimum Gasteiger partial charge on any atom is -0.493 e. The van der Waals surface area contributed by atoms with E-state index in [1.807, 2.05) is 0 Å². The second-order valence-corrected chi connectivity index (χ2v) is 6.23. The molecule has 2 aliphatic carbocycles. The van der Waals surface area contributed by atoms with Crippen LogP contribution in [0.25, 0.3) is 0 Å². The Morgan fingerprint density at radius 1 is 1.38 bits per heavy atom. The van der Waals surface area contributed by atoms with Crippen LogP contribution in [0.4, 0.5) is 5.69 Å². The number of amides is 1. The van der Waals surface area contributed by atoms with Crippen molar-refractivity contribution in [3.8, 4) is 11.5 Å². The Kier molecular flexibility index (Phi) is 4.13. The number of hydrogen-bond donors (Lipinski definition) is 1. The summed E-state index contributed by atoms with van der Waals surface area (Å²) in [6.45, 7) is 0. The monoisotopic (exact) mass is 333 g/mol. The maximum absolute atomic E-state index is 12.0. The van der Waals surface area contributed by atoms with Crippen molar-refractivity contribution in [3.63, 3.8) is 0 Å². The first-order valence-electron chi connectivity index (χ1n) is 7.74. The van der Waals surface area contributed by atoms with E-state index in [0.29, 0.717) is 5.75 Å². The zero-order valence-electron chi connectivity index (χ0n) is 13.6. The third-order valence-electron chi connectivity index (χ3n) is 4.96. The Morgan fingerprint density at radius 2 is 2.04 bits per heavy atom. The fourth-order valence-corrected chi connectivity index (χ4v) is 3.29. The molecule has 3 rings (SSSR count). The van der Waals surface area contributed by atoms with E-state index in [0.717, 1.165) is 19.3 Å². The van der Waals surface area contributed by atoms with Crippen molar-refractivity contribution >= 4 is 17.8 Å². The van der Waals surface area contributed by atoms with Crippen LogP contribution in [0.5, 0.6) is 11.5 Å². The number of nitro benzene ring substituents is 1. The van der Waals surface area contributed by atoms with Gasteiger partial charge in [0.2, 0.25) is 5.91 Å². The van der Waals surface area contributed by atoms with Gasteiger partial charge < -0.3 is 9.47 Å². The van der Waals surface area contributed by atoms with Gasteiger partial charge in [-0.25, -0.2) is 5.43 Å². The average molecular weight is 333 g/mol. The number of carbonyl (C=O) groups is 1. The molecular formula is C16H19N3O5. The molecule has 2 fully saturated rings. The molecule has 1 aromatic carbocycles. The highest BCUT2D eigenvalue weighted by Crippen LogP contribution is 2.65. The highest BCUT2D eigenvalue weighted by Gasteiger charge is 2.60. The highest BCUT2D eigenvalue weighted by molar-refractivity contribution is 5.89. The number of rotatable bonds is 6. The number of carbonyl (C=O) groups excluding carboxylic acids is 1. The fourth-order valence-electron chi connectivity index (χ4n) is 3.29. The topological polar surface area (TPSA) is 103 Å². The Balaban J connectivity index is 1.73. The molecule has 0 aromatic heterocycles. The normalized spacial score (nSPS) is 20.5. The summed E-state index contributed by atoms with van der Waals surface area (Å²) in [6.07, 6.45) is 5.58. The molecule has 2 aliphatic rings. The Bertz CT molecular complexity index is 712. The molecule has 0 bridgehead atoms. The van der Waals surface area contributed by atoms with E-state index in [9.17, 15) is 14.9 Å². The molecule has 128 valence electrons. The van der Waals surface area contributed by atoms with Gasteiger partial charge in [0.1, 0.15) is 0 Å². The van der Waals surface area contributed by atoms with E-state index in [4.69, 9.17) is 9.47 Å². The molecule has 1 aromatic rings. The van der Waals surface area contributed by atoms with Crippen molar-refractivity contribution in [2.75, 3.05) is 14.2 Å². The van der Waals surface area contributed by atoms with E-state index in [1.54, 1.807) is 0 Å². The standard InChI is InChI=1S/C16H19N3O5/c1-23-13-6-10(12(19(21)22)7-14(13)24-2)9-17-18-15(20)11-8-16(11)4-3-5-16/h6-7,9,11H,3-5,8H2,1-2H3,(H,18,20)/b17-9-/t11-/m1/s1. The van der Waals surface area contributed by atoms with Gasteiger partial charge in [-0.3, -0.25) is 14.9 Å². The van der Waals surface area contributed by atoms with Crippen LogP contribution in [0, 0.1) is 21.4 Å². The number of hydrazone groups is 1. The van der Waals surface area contributed by atoms with Gasteiger partial charge in [-0.15, -0.1) is 0 Å². The molecule has 0 heterocycles. The summed E-state index contributed by atoms with van der Waals surface area (Å²) in [6, 6.07) is 2.73. The van der Waals surface area contributed by atoms with Crippen molar-refractivity contribution in [2.24, 2.45) is 16.4 Å². The van der Waals surface area contributed by atoms with Crippen LogP contribution in [0.2, 0.25) is 0 Å². The summed E-state index contributed by atoms with van der Waals surface area (Å²) in [4.78, 5) is 22.7. The molecule has 0 aliphatic heterocycles. The zero-order chi connectivity index (χ0) is 17.3. The van der Waals surface area contributed by atoms with Crippen molar-refractivity contribution in [3.05, 3.63) is 27.8 Å². The number of methoxy groups -OCH3 is 2. The zero-order valence-corrected chi connectivity index (χ0v) is 13.6. The number of nitro groups is 1.